The van der Waals surface area contributed by atoms with E-state index in [0.717, 1.165) is 5.56 Å². The Morgan fingerprint density at radius 1 is 1.21 bits per heavy atom. The van der Waals surface area contributed by atoms with Gasteiger partial charge in [0.1, 0.15) is 4.90 Å². The van der Waals surface area contributed by atoms with Gasteiger partial charge < -0.3 is 5.11 Å². The van der Waals surface area contributed by atoms with Crippen molar-refractivity contribution >= 4 is 33.7 Å². The number of nitrogens with zero attached hydrogens (tertiary/aromatic N) is 3. The van der Waals surface area contributed by atoms with Crippen molar-refractivity contribution in [2.75, 3.05) is 13.2 Å². The minimum Gasteiger partial charge on any atom is -0.394 e. The number of amidine groups is 1. The lowest BCUT2D eigenvalue weighted by molar-refractivity contribution is 0.254. The van der Waals surface area contributed by atoms with E-state index in [1.165, 1.54) is 17.3 Å². The van der Waals surface area contributed by atoms with Gasteiger partial charge in [0.05, 0.1) is 19.4 Å². The molecule has 1 N–H and O–H groups in total. The van der Waals surface area contributed by atoms with Crippen LogP contribution in [0.15, 0.2) is 62.9 Å². The monoisotopic (exact) mass is 363 g/mol. The maximum atomic E-state index is 12.1. The average molecular weight is 364 g/mol. The van der Waals surface area contributed by atoms with Crippen LogP contribution in [0.4, 0.5) is 0 Å². The zero-order chi connectivity index (χ0) is 17.2. The van der Waals surface area contributed by atoms with Crippen molar-refractivity contribution in [3.8, 4) is 0 Å². The molecule has 2 aromatic carbocycles. The number of hydrazone groups is 1. The molecule has 0 amide bonds. The average Bonchev–Trinajstić information content (AvgIpc) is 2.83. The van der Waals surface area contributed by atoms with Gasteiger partial charge in [0.25, 0.3) is 10.0 Å². The lowest BCUT2D eigenvalue weighted by atomic mass is 10.2. The molecule has 6 nitrogen and oxygen atoms in total. The minimum absolute atomic E-state index is 0.111. The third-order valence-electron chi connectivity index (χ3n) is 3.36. The zero-order valence-corrected chi connectivity index (χ0v) is 14.1. The van der Waals surface area contributed by atoms with Crippen molar-refractivity contribution in [1.82, 2.24) is 5.01 Å². The summed E-state index contributed by atoms with van der Waals surface area (Å²) in [5.41, 5.74) is 1.22. The highest BCUT2D eigenvalue weighted by Gasteiger charge is 2.31. The first-order chi connectivity index (χ1) is 11.5. The third-order valence-corrected chi connectivity index (χ3v) is 4.92. The molecule has 0 aliphatic carbocycles. The van der Waals surface area contributed by atoms with Crippen LogP contribution >= 0.6 is 11.6 Å². The summed E-state index contributed by atoms with van der Waals surface area (Å²) in [5.74, 6) is 0.193. The Balaban J connectivity index is 1.98. The molecule has 1 aliphatic rings. The SMILES string of the molecule is O=S1(=O)N=C(N(CCO)/N=C\c2cccc(Cl)c2)c2ccccc21. The van der Waals surface area contributed by atoms with Gasteiger partial charge in [-0.15, -0.1) is 4.40 Å². The van der Waals surface area contributed by atoms with E-state index in [2.05, 4.69) is 9.50 Å². The van der Waals surface area contributed by atoms with E-state index < -0.39 is 10.0 Å². The fourth-order valence-electron chi connectivity index (χ4n) is 2.31. The van der Waals surface area contributed by atoms with Gasteiger partial charge in [-0.05, 0) is 29.8 Å². The number of fused-ring (bicyclic) bond motifs is 1. The Hall–Kier alpha value is -2.22. The highest BCUT2D eigenvalue weighted by atomic mass is 35.5. The Labute approximate surface area is 144 Å². The summed E-state index contributed by atoms with van der Waals surface area (Å²) in [5, 5.41) is 15.5. The summed E-state index contributed by atoms with van der Waals surface area (Å²) in [4.78, 5) is 0.140. The van der Waals surface area contributed by atoms with Gasteiger partial charge in [0.15, 0.2) is 5.84 Å². The number of aliphatic hydroxyl groups excluding tert-OH is 1. The largest absolute Gasteiger partial charge is 0.394 e. The lowest BCUT2D eigenvalue weighted by Crippen LogP contribution is -2.28. The highest BCUT2D eigenvalue weighted by molar-refractivity contribution is 7.90. The molecule has 0 spiro atoms. The van der Waals surface area contributed by atoms with Crippen molar-refractivity contribution in [1.29, 1.82) is 0 Å². The molecule has 0 aromatic heterocycles. The van der Waals surface area contributed by atoms with Crippen molar-refractivity contribution in [3.05, 3.63) is 64.7 Å². The highest BCUT2D eigenvalue weighted by Crippen LogP contribution is 2.27. The fourth-order valence-corrected chi connectivity index (χ4v) is 3.72. The van der Waals surface area contributed by atoms with Crippen LogP contribution in [0.5, 0.6) is 0 Å². The summed E-state index contributed by atoms with van der Waals surface area (Å²) in [6, 6.07) is 13.6. The van der Waals surface area contributed by atoms with Crippen molar-refractivity contribution < 1.29 is 13.5 Å². The summed E-state index contributed by atoms with van der Waals surface area (Å²) in [7, 11) is -3.74. The summed E-state index contributed by atoms with van der Waals surface area (Å²) < 4.78 is 28.1. The molecule has 0 fully saturated rings. The van der Waals surface area contributed by atoms with Gasteiger partial charge >= 0.3 is 0 Å². The number of rotatable bonds is 4. The quantitative estimate of drug-likeness (QED) is 0.666. The first-order valence-electron chi connectivity index (χ1n) is 7.13. The van der Waals surface area contributed by atoms with E-state index in [9.17, 15) is 13.5 Å². The smallest absolute Gasteiger partial charge is 0.285 e. The van der Waals surface area contributed by atoms with Crippen LogP contribution in [0.2, 0.25) is 5.02 Å². The van der Waals surface area contributed by atoms with Crippen molar-refractivity contribution in [3.63, 3.8) is 0 Å². The van der Waals surface area contributed by atoms with E-state index in [0.29, 0.717) is 10.6 Å². The van der Waals surface area contributed by atoms with Crippen molar-refractivity contribution in [2.24, 2.45) is 9.50 Å². The normalized spacial score (nSPS) is 15.3. The van der Waals surface area contributed by atoms with E-state index in [1.54, 1.807) is 36.4 Å². The predicted molar refractivity (Wildman–Crippen MR) is 93.0 cm³/mol. The Kier molecular flexibility index (Phi) is 4.66. The minimum atomic E-state index is -3.74. The molecule has 0 saturated carbocycles. The fraction of sp³-hybridized carbons (Fsp3) is 0.125. The maximum absolute atomic E-state index is 12.1. The molecule has 1 aliphatic heterocycles. The predicted octanol–water partition coefficient (Wildman–Crippen LogP) is 2.12. The third kappa shape index (κ3) is 3.33. The van der Waals surface area contributed by atoms with Crippen LogP contribution in [-0.4, -0.2) is 43.7 Å². The number of aliphatic hydroxyl groups is 1. The van der Waals surface area contributed by atoms with Gasteiger partial charge in [-0.1, -0.05) is 35.9 Å². The molecule has 3 rings (SSSR count). The number of benzene rings is 2. The summed E-state index contributed by atoms with van der Waals surface area (Å²) in [6.45, 7) is -0.0894. The molecule has 0 atom stereocenters. The van der Waals surface area contributed by atoms with E-state index in [1.807, 2.05) is 6.07 Å². The lowest BCUT2D eigenvalue weighted by Gasteiger charge is -2.17. The summed E-state index contributed by atoms with van der Waals surface area (Å²) in [6.07, 6.45) is 1.54. The van der Waals surface area contributed by atoms with Gasteiger partial charge in [-0.2, -0.15) is 13.5 Å². The van der Waals surface area contributed by atoms with Crippen LogP contribution in [0.3, 0.4) is 0 Å². The maximum Gasteiger partial charge on any atom is 0.285 e. The van der Waals surface area contributed by atoms with E-state index in [4.69, 9.17) is 11.6 Å². The Morgan fingerprint density at radius 3 is 2.75 bits per heavy atom. The van der Waals surface area contributed by atoms with E-state index in [-0.39, 0.29) is 23.9 Å². The molecule has 8 heteroatoms. The molecule has 124 valence electrons. The molecule has 0 bridgehead atoms. The molecular formula is C16H14ClN3O3S. The van der Waals surface area contributed by atoms with Gasteiger partial charge in [0, 0.05) is 10.6 Å². The molecule has 24 heavy (non-hydrogen) atoms. The molecular weight excluding hydrogens is 350 g/mol. The molecule has 2 aromatic rings. The first kappa shape index (κ1) is 16.6. The van der Waals surface area contributed by atoms with Crippen LogP contribution in [-0.2, 0) is 10.0 Å². The van der Waals surface area contributed by atoms with Crippen molar-refractivity contribution in [2.45, 2.75) is 4.90 Å². The second kappa shape index (κ2) is 6.72. The van der Waals surface area contributed by atoms with Crippen LogP contribution < -0.4 is 0 Å². The topological polar surface area (TPSA) is 82.3 Å². The zero-order valence-electron chi connectivity index (χ0n) is 12.5. The van der Waals surface area contributed by atoms with Gasteiger partial charge in [-0.25, -0.2) is 5.01 Å². The molecule has 1 heterocycles. The first-order valence-corrected chi connectivity index (χ1v) is 8.95. The van der Waals surface area contributed by atoms with Crippen LogP contribution in [0, 0.1) is 0 Å². The van der Waals surface area contributed by atoms with Crippen LogP contribution in [0.1, 0.15) is 11.1 Å². The van der Waals surface area contributed by atoms with Gasteiger partial charge in [-0.3, -0.25) is 0 Å². The Morgan fingerprint density at radius 2 is 2.00 bits per heavy atom. The molecule has 0 unspecified atom stereocenters. The Bertz CT molecular complexity index is 926. The molecule has 0 radical (unpaired) electrons. The number of sulfonamides is 1. The molecule has 0 saturated heterocycles. The number of hydrogen-bond donors (Lipinski definition) is 1. The van der Waals surface area contributed by atoms with Gasteiger partial charge in [0.2, 0.25) is 0 Å². The second-order valence-corrected chi connectivity index (χ2v) is 7.04. The number of halogens is 1. The number of hydrogen-bond acceptors (Lipinski definition) is 5. The van der Waals surface area contributed by atoms with E-state index >= 15 is 0 Å². The van der Waals surface area contributed by atoms with Crippen LogP contribution in [0.25, 0.3) is 0 Å². The second-order valence-electron chi connectivity index (χ2n) is 5.03. The standard InChI is InChI=1S/C16H14ClN3O3S/c17-13-5-3-4-12(10-13)11-18-20(8-9-21)16-14-6-1-2-7-15(14)24(22,23)19-16/h1-7,10-11,21H,8-9H2/b18-11-. The summed E-state index contributed by atoms with van der Waals surface area (Å²) >= 11 is 5.93.